The van der Waals surface area contributed by atoms with Crippen LogP contribution in [0.1, 0.15) is 37.9 Å². The Bertz CT molecular complexity index is 458. The van der Waals surface area contributed by atoms with Crippen LogP contribution < -0.4 is 10.6 Å². The van der Waals surface area contributed by atoms with Crippen LogP contribution in [0.2, 0.25) is 0 Å². The minimum atomic E-state index is -0.0473. The van der Waals surface area contributed by atoms with Gasteiger partial charge in [0, 0.05) is 13.7 Å². The first-order valence-electron chi connectivity index (χ1n) is 7.41. The largest absolute Gasteiger partial charge is 0.383 e. The lowest BCUT2D eigenvalue weighted by Gasteiger charge is -2.33. The van der Waals surface area contributed by atoms with E-state index in [1.807, 2.05) is 12.1 Å². The number of nitrogens with one attached hydrogen (secondary N) is 2. The summed E-state index contributed by atoms with van der Waals surface area (Å²) in [6.07, 6.45) is 0. The third-order valence-corrected chi connectivity index (χ3v) is 3.44. The van der Waals surface area contributed by atoms with Crippen LogP contribution in [0.3, 0.4) is 0 Å². The lowest BCUT2D eigenvalue weighted by atomic mass is 9.81. The molecule has 0 bridgehead atoms. The molecule has 1 atom stereocenters. The van der Waals surface area contributed by atoms with E-state index in [4.69, 9.17) is 4.74 Å². The Morgan fingerprint density at radius 2 is 1.91 bits per heavy atom. The van der Waals surface area contributed by atoms with Crippen molar-refractivity contribution in [2.45, 2.75) is 33.7 Å². The fourth-order valence-electron chi connectivity index (χ4n) is 2.26. The summed E-state index contributed by atoms with van der Waals surface area (Å²) >= 11 is 0. The molecule has 0 radical (unpaired) electrons. The van der Waals surface area contributed by atoms with E-state index in [1.54, 1.807) is 7.11 Å². The summed E-state index contributed by atoms with van der Waals surface area (Å²) in [4.78, 5) is 12.1. The Balaban J connectivity index is 0.00000441. The highest BCUT2D eigenvalue weighted by molar-refractivity contribution is 5.85. The lowest BCUT2D eigenvalue weighted by molar-refractivity contribution is -0.121. The molecule has 0 fully saturated rings. The number of halogens is 1. The number of ether oxygens (including phenoxy) is 1. The van der Waals surface area contributed by atoms with Gasteiger partial charge in [-0.1, -0.05) is 45.0 Å². The fourth-order valence-corrected chi connectivity index (χ4v) is 2.26. The van der Waals surface area contributed by atoms with Gasteiger partial charge in [0.2, 0.25) is 5.91 Å². The number of amides is 1. The van der Waals surface area contributed by atoms with Crippen molar-refractivity contribution < 1.29 is 9.53 Å². The molecule has 1 unspecified atom stereocenters. The highest BCUT2D eigenvalue weighted by Gasteiger charge is 2.28. The van der Waals surface area contributed by atoms with Crippen LogP contribution in [0.15, 0.2) is 24.3 Å². The van der Waals surface area contributed by atoms with Crippen LogP contribution in [-0.2, 0) is 9.53 Å². The number of hydrogen-bond acceptors (Lipinski definition) is 3. The molecular weight excluding hydrogens is 300 g/mol. The van der Waals surface area contributed by atoms with E-state index in [1.165, 1.54) is 11.1 Å². The van der Waals surface area contributed by atoms with Crippen molar-refractivity contribution >= 4 is 18.3 Å². The molecule has 0 aliphatic rings. The van der Waals surface area contributed by atoms with Gasteiger partial charge in [-0.3, -0.25) is 4.79 Å². The van der Waals surface area contributed by atoms with Crippen molar-refractivity contribution in [3.05, 3.63) is 35.4 Å². The third kappa shape index (κ3) is 6.77. The number of carbonyl (C=O) groups excluding carboxylic acids is 1. The Kier molecular flexibility index (Phi) is 9.33. The molecule has 4 nitrogen and oxygen atoms in total. The number of methoxy groups -OCH3 is 1. The zero-order valence-electron chi connectivity index (χ0n) is 14.2. The van der Waals surface area contributed by atoms with Crippen molar-refractivity contribution in [3.8, 4) is 0 Å². The average Bonchev–Trinajstić information content (AvgIpc) is 2.41. The first kappa shape index (κ1) is 20.9. The molecular formula is C17H29ClN2O2. The van der Waals surface area contributed by atoms with E-state index in [0.717, 1.165) is 0 Å². The topological polar surface area (TPSA) is 50.4 Å². The van der Waals surface area contributed by atoms with E-state index in [9.17, 15) is 4.79 Å². The smallest absolute Gasteiger partial charge is 0.234 e. The molecule has 1 amide bonds. The Morgan fingerprint density at radius 1 is 1.27 bits per heavy atom. The van der Waals surface area contributed by atoms with E-state index in [2.05, 4.69) is 50.5 Å². The zero-order valence-corrected chi connectivity index (χ0v) is 15.0. The quantitative estimate of drug-likeness (QED) is 0.757. The number of aryl methyl sites for hydroxylation is 1. The van der Waals surface area contributed by atoms with Gasteiger partial charge in [-0.25, -0.2) is 0 Å². The summed E-state index contributed by atoms with van der Waals surface area (Å²) in [7, 11) is 1.65. The second-order valence-corrected chi connectivity index (χ2v) is 6.39. The number of rotatable bonds is 7. The Labute approximate surface area is 140 Å². The molecule has 2 N–H and O–H groups in total. The average molecular weight is 329 g/mol. The molecule has 126 valence electrons. The van der Waals surface area contributed by atoms with Gasteiger partial charge in [0.1, 0.15) is 0 Å². The van der Waals surface area contributed by atoms with Crippen LogP contribution in [0.5, 0.6) is 0 Å². The molecule has 1 aromatic carbocycles. The zero-order chi connectivity index (χ0) is 15.9. The maximum atomic E-state index is 12.1. The Hall–Kier alpha value is -1.10. The predicted octanol–water partition coefficient (Wildman–Crippen LogP) is 2.86. The van der Waals surface area contributed by atoms with Crippen LogP contribution >= 0.6 is 12.4 Å². The summed E-state index contributed by atoms with van der Waals surface area (Å²) in [5, 5.41) is 6.22. The number of hydrogen-bond donors (Lipinski definition) is 2. The fraction of sp³-hybridized carbons (Fsp3) is 0.588. The number of benzene rings is 1. The highest BCUT2D eigenvalue weighted by Crippen LogP contribution is 2.34. The summed E-state index contributed by atoms with van der Waals surface area (Å²) in [6.45, 7) is 10.1. The van der Waals surface area contributed by atoms with Crippen molar-refractivity contribution in [2.75, 3.05) is 26.8 Å². The second kappa shape index (κ2) is 9.82. The molecule has 5 heteroatoms. The maximum Gasteiger partial charge on any atom is 0.234 e. The molecule has 22 heavy (non-hydrogen) atoms. The lowest BCUT2D eigenvalue weighted by Crippen LogP contribution is -2.41. The van der Waals surface area contributed by atoms with Gasteiger partial charge in [0.25, 0.3) is 0 Å². The molecule has 0 saturated heterocycles. The number of carbonyl (C=O) groups is 1. The predicted molar refractivity (Wildman–Crippen MR) is 93.5 cm³/mol. The molecule has 1 rings (SSSR count). The molecule has 0 spiro atoms. The monoisotopic (exact) mass is 328 g/mol. The highest BCUT2D eigenvalue weighted by atomic mass is 35.5. The van der Waals surface area contributed by atoms with Crippen LogP contribution in [0.4, 0.5) is 0 Å². The van der Waals surface area contributed by atoms with Gasteiger partial charge >= 0.3 is 0 Å². The van der Waals surface area contributed by atoms with Crippen molar-refractivity contribution in [2.24, 2.45) is 5.41 Å². The molecule has 0 heterocycles. The van der Waals surface area contributed by atoms with E-state index >= 15 is 0 Å². The van der Waals surface area contributed by atoms with Crippen molar-refractivity contribution in [3.63, 3.8) is 0 Å². The molecule has 1 aromatic rings. The molecule has 0 saturated carbocycles. The maximum absolute atomic E-state index is 12.1. The first-order chi connectivity index (χ1) is 9.86. The van der Waals surface area contributed by atoms with Crippen LogP contribution in [-0.4, -0.2) is 32.7 Å². The van der Waals surface area contributed by atoms with Gasteiger partial charge in [-0.2, -0.15) is 0 Å². The van der Waals surface area contributed by atoms with E-state index < -0.39 is 0 Å². The third-order valence-electron chi connectivity index (χ3n) is 3.44. The van der Waals surface area contributed by atoms with Gasteiger partial charge in [0.15, 0.2) is 0 Å². The molecule has 0 aliphatic heterocycles. The normalized spacial score (nSPS) is 12.4. The standard InChI is InChI=1S/C17H28N2O2.ClH/c1-13-8-6-7-9-14(13)16(17(2,3)4)19-15(20)12-18-10-11-21-5;/h6-9,16,18H,10-12H2,1-5H3,(H,19,20);1H. The van der Waals surface area contributed by atoms with E-state index in [-0.39, 0.29) is 29.8 Å². The van der Waals surface area contributed by atoms with Crippen molar-refractivity contribution in [1.29, 1.82) is 0 Å². The van der Waals surface area contributed by atoms with Gasteiger partial charge in [0.05, 0.1) is 19.2 Å². The summed E-state index contributed by atoms with van der Waals surface area (Å²) < 4.78 is 4.95. The van der Waals surface area contributed by atoms with Gasteiger partial charge in [-0.15, -0.1) is 12.4 Å². The summed E-state index contributed by atoms with van der Waals surface area (Å²) in [5.74, 6) is 0.00859. The second-order valence-electron chi connectivity index (χ2n) is 6.39. The SMILES string of the molecule is COCCNCC(=O)NC(c1ccccc1C)C(C)(C)C.Cl. The first-order valence-corrected chi connectivity index (χ1v) is 7.41. The molecule has 0 aliphatic carbocycles. The Morgan fingerprint density at radius 3 is 2.45 bits per heavy atom. The van der Waals surface area contributed by atoms with Crippen molar-refractivity contribution in [1.82, 2.24) is 10.6 Å². The summed E-state index contributed by atoms with van der Waals surface area (Å²) in [6, 6.07) is 8.20. The van der Waals surface area contributed by atoms with Gasteiger partial charge in [-0.05, 0) is 23.5 Å². The minimum Gasteiger partial charge on any atom is -0.383 e. The van der Waals surface area contributed by atoms with Crippen LogP contribution in [0.25, 0.3) is 0 Å². The molecule has 0 aromatic heterocycles. The summed E-state index contributed by atoms with van der Waals surface area (Å²) in [5.41, 5.74) is 2.33. The van der Waals surface area contributed by atoms with Gasteiger partial charge < -0.3 is 15.4 Å². The minimum absolute atomic E-state index is 0. The van der Waals surface area contributed by atoms with Crippen LogP contribution in [0, 0.1) is 12.3 Å². The van der Waals surface area contributed by atoms with E-state index in [0.29, 0.717) is 19.7 Å².